The Balaban J connectivity index is 2.57. The van der Waals surface area contributed by atoms with Gasteiger partial charge in [0.2, 0.25) is 5.06 Å². The quantitative estimate of drug-likeness (QED) is 0.641. The summed E-state index contributed by atoms with van der Waals surface area (Å²) in [6.45, 7) is 0. The molecule has 1 aromatic heterocycles. The molecule has 0 aliphatic carbocycles. The molecule has 56 valence electrons. The minimum absolute atomic E-state index is 0.243. The van der Waals surface area contributed by atoms with E-state index in [4.69, 9.17) is 0 Å². The first-order chi connectivity index (χ1) is 4.58. The minimum atomic E-state index is -4.60. The first-order valence-electron chi connectivity index (χ1n) is 2.22. The van der Waals surface area contributed by atoms with Gasteiger partial charge >= 0.3 is 6.36 Å². The van der Waals surface area contributed by atoms with Crippen LogP contribution in [0.25, 0.3) is 0 Å². The molecule has 10 heavy (non-hydrogen) atoms. The highest BCUT2D eigenvalue weighted by molar-refractivity contribution is 7.11. The lowest BCUT2D eigenvalue weighted by molar-refractivity contribution is -0.273. The normalized spacial score (nSPS) is 11.5. The number of aromatic nitrogens is 1. The number of ether oxygens (including phenoxy) is 1. The molecule has 0 amide bonds. The predicted octanol–water partition coefficient (Wildman–Crippen LogP) is 2.04. The zero-order valence-electron chi connectivity index (χ0n) is 4.55. The second-order valence-corrected chi connectivity index (χ2v) is 2.22. The molecule has 1 heterocycles. The zero-order chi connectivity index (χ0) is 7.61. The molecule has 6 heteroatoms. The van der Waals surface area contributed by atoms with Gasteiger partial charge in [-0.1, -0.05) is 11.3 Å². The average molecular weight is 169 g/mol. The van der Waals surface area contributed by atoms with Crippen LogP contribution in [0.3, 0.4) is 0 Å². The predicted molar refractivity (Wildman–Crippen MR) is 28.8 cm³/mol. The highest BCUT2D eigenvalue weighted by Crippen LogP contribution is 2.25. The van der Waals surface area contributed by atoms with E-state index in [9.17, 15) is 13.2 Å². The van der Waals surface area contributed by atoms with E-state index in [1.165, 1.54) is 5.51 Å². The largest absolute Gasteiger partial charge is 0.573 e. The Hall–Kier alpha value is -0.780. The third-order valence-electron chi connectivity index (χ3n) is 0.626. The number of nitrogens with zero attached hydrogens (tertiary/aromatic N) is 1. The molecular weight excluding hydrogens is 167 g/mol. The molecule has 0 N–H and O–H groups in total. The lowest BCUT2D eigenvalue weighted by atomic mass is 10.9. The number of hydrogen-bond donors (Lipinski definition) is 0. The summed E-state index contributed by atoms with van der Waals surface area (Å²) in [6, 6.07) is 0. The lowest BCUT2D eigenvalue weighted by Crippen LogP contribution is -2.16. The third-order valence-corrected chi connectivity index (χ3v) is 1.27. The topological polar surface area (TPSA) is 22.1 Å². The maximum Gasteiger partial charge on any atom is 0.573 e. The second kappa shape index (κ2) is 2.45. The highest BCUT2D eigenvalue weighted by Gasteiger charge is 2.31. The smallest absolute Gasteiger partial charge is 0.394 e. The Morgan fingerprint density at radius 2 is 2.20 bits per heavy atom. The summed E-state index contributed by atoms with van der Waals surface area (Å²) in [5, 5.41) is -0.243. The molecule has 2 nitrogen and oxygen atoms in total. The number of alkyl halides is 3. The molecular formula is C4H2F3NOS. The molecule has 1 rings (SSSR count). The van der Waals surface area contributed by atoms with Gasteiger partial charge in [0.15, 0.2) is 0 Å². The van der Waals surface area contributed by atoms with E-state index < -0.39 is 6.36 Å². The van der Waals surface area contributed by atoms with Crippen LogP contribution in [0.1, 0.15) is 0 Å². The Morgan fingerprint density at radius 1 is 1.50 bits per heavy atom. The van der Waals surface area contributed by atoms with Crippen molar-refractivity contribution < 1.29 is 17.9 Å². The van der Waals surface area contributed by atoms with Gasteiger partial charge in [-0.05, 0) is 0 Å². The summed E-state index contributed by atoms with van der Waals surface area (Å²) < 4.78 is 37.6. The Morgan fingerprint density at radius 3 is 2.60 bits per heavy atom. The number of hydrogen-bond acceptors (Lipinski definition) is 3. The van der Waals surface area contributed by atoms with Crippen LogP contribution in [-0.4, -0.2) is 11.3 Å². The summed E-state index contributed by atoms with van der Waals surface area (Å²) in [6.07, 6.45) is -3.59. The maximum absolute atomic E-state index is 11.4. The number of thiazole rings is 1. The van der Waals surface area contributed by atoms with Gasteiger partial charge in [-0.2, -0.15) is 0 Å². The Labute approximate surface area is 58.3 Å². The van der Waals surface area contributed by atoms with E-state index in [0.29, 0.717) is 0 Å². The van der Waals surface area contributed by atoms with Crippen molar-refractivity contribution in [3.63, 3.8) is 0 Å². The van der Waals surface area contributed by atoms with Crippen molar-refractivity contribution in [3.8, 4) is 5.06 Å². The highest BCUT2D eigenvalue weighted by atomic mass is 32.1. The van der Waals surface area contributed by atoms with Crippen molar-refractivity contribution in [2.45, 2.75) is 6.36 Å². The Kier molecular flexibility index (Phi) is 1.80. The molecule has 0 saturated carbocycles. The molecule has 0 bridgehead atoms. The van der Waals surface area contributed by atoms with E-state index >= 15 is 0 Å². The molecule has 0 aliphatic rings. The fourth-order valence-electron chi connectivity index (χ4n) is 0.369. The van der Waals surface area contributed by atoms with Gasteiger partial charge in [0.05, 0.1) is 11.7 Å². The van der Waals surface area contributed by atoms with E-state index in [1.807, 2.05) is 0 Å². The molecule has 0 spiro atoms. The third kappa shape index (κ3) is 2.22. The molecule has 0 atom stereocenters. The summed E-state index contributed by atoms with van der Waals surface area (Å²) in [5.74, 6) is 0. The van der Waals surface area contributed by atoms with Crippen LogP contribution in [0.15, 0.2) is 11.7 Å². The number of rotatable bonds is 1. The first kappa shape index (κ1) is 7.33. The summed E-state index contributed by atoms with van der Waals surface area (Å²) in [4.78, 5) is 3.40. The lowest BCUT2D eigenvalue weighted by Gasteiger charge is -2.03. The van der Waals surface area contributed by atoms with E-state index in [-0.39, 0.29) is 5.06 Å². The van der Waals surface area contributed by atoms with Gasteiger partial charge in [0, 0.05) is 0 Å². The van der Waals surface area contributed by atoms with Crippen molar-refractivity contribution in [1.29, 1.82) is 0 Å². The van der Waals surface area contributed by atoms with Crippen LogP contribution in [-0.2, 0) is 0 Å². The fourth-order valence-corrected chi connectivity index (χ4v) is 0.858. The van der Waals surface area contributed by atoms with Crippen molar-refractivity contribution in [2.24, 2.45) is 0 Å². The second-order valence-electron chi connectivity index (χ2n) is 1.37. The van der Waals surface area contributed by atoms with Crippen LogP contribution in [0, 0.1) is 0 Å². The zero-order valence-corrected chi connectivity index (χ0v) is 5.37. The number of halogens is 3. The van der Waals surface area contributed by atoms with Gasteiger partial charge < -0.3 is 4.74 Å². The minimum Gasteiger partial charge on any atom is -0.394 e. The van der Waals surface area contributed by atoms with Crippen LogP contribution in [0.4, 0.5) is 13.2 Å². The van der Waals surface area contributed by atoms with Crippen LogP contribution >= 0.6 is 11.3 Å². The van der Waals surface area contributed by atoms with E-state index in [0.717, 1.165) is 17.5 Å². The van der Waals surface area contributed by atoms with Gasteiger partial charge in [-0.25, -0.2) is 4.98 Å². The van der Waals surface area contributed by atoms with Gasteiger partial charge in [0.1, 0.15) is 0 Å². The molecule has 0 aromatic carbocycles. The van der Waals surface area contributed by atoms with Crippen molar-refractivity contribution in [1.82, 2.24) is 4.98 Å². The standard InChI is InChI=1S/C4H2F3NOS/c5-4(6,7)9-3-1-8-2-10-3/h1-2H. The molecule has 0 saturated heterocycles. The maximum atomic E-state index is 11.4. The van der Waals surface area contributed by atoms with Gasteiger partial charge in [-0.15, -0.1) is 13.2 Å². The van der Waals surface area contributed by atoms with Crippen LogP contribution in [0.5, 0.6) is 5.06 Å². The Bertz CT molecular complexity index is 195. The summed E-state index contributed by atoms with van der Waals surface area (Å²) in [7, 11) is 0. The van der Waals surface area contributed by atoms with Crippen LogP contribution in [0.2, 0.25) is 0 Å². The summed E-state index contributed by atoms with van der Waals surface area (Å²) in [5.41, 5.74) is 1.26. The molecule has 0 fully saturated rings. The van der Waals surface area contributed by atoms with Crippen molar-refractivity contribution in [2.75, 3.05) is 0 Å². The van der Waals surface area contributed by atoms with Crippen molar-refractivity contribution >= 4 is 11.3 Å². The molecule has 0 radical (unpaired) electrons. The molecule has 0 aliphatic heterocycles. The molecule has 1 aromatic rings. The van der Waals surface area contributed by atoms with Gasteiger partial charge in [-0.3, -0.25) is 0 Å². The van der Waals surface area contributed by atoms with E-state index in [1.54, 1.807) is 0 Å². The van der Waals surface area contributed by atoms with Gasteiger partial charge in [0.25, 0.3) is 0 Å². The molecule has 0 unspecified atom stereocenters. The first-order valence-corrected chi connectivity index (χ1v) is 3.10. The monoisotopic (exact) mass is 169 g/mol. The SMILES string of the molecule is FC(F)(F)Oc1cncs1. The van der Waals surface area contributed by atoms with Crippen molar-refractivity contribution in [3.05, 3.63) is 11.7 Å². The average Bonchev–Trinajstić information content (AvgIpc) is 2.12. The summed E-state index contributed by atoms with van der Waals surface area (Å²) >= 11 is 0.796. The fraction of sp³-hybridized carbons (Fsp3) is 0.250. The van der Waals surface area contributed by atoms with E-state index in [2.05, 4.69) is 9.72 Å². The van der Waals surface area contributed by atoms with Crippen LogP contribution < -0.4 is 4.74 Å².